The normalized spacial score (nSPS) is 14.3. The van der Waals surface area contributed by atoms with Crippen LogP contribution in [-0.4, -0.2) is 26.0 Å². The van der Waals surface area contributed by atoms with Crippen LogP contribution in [0.3, 0.4) is 0 Å². The van der Waals surface area contributed by atoms with E-state index in [0.717, 1.165) is 11.4 Å². The first-order valence-corrected chi connectivity index (χ1v) is 6.21. The second-order valence-electron chi connectivity index (χ2n) is 3.84. The quantitative estimate of drug-likeness (QED) is 0.795. The molecular formula is C11H17ClN2OS. The summed E-state index contributed by atoms with van der Waals surface area (Å²) in [5.41, 5.74) is 1.25. The van der Waals surface area contributed by atoms with E-state index >= 15 is 0 Å². The number of hydrogen-bond donors (Lipinski definition) is 2. The van der Waals surface area contributed by atoms with Crippen LogP contribution < -0.4 is 10.6 Å². The van der Waals surface area contributed by atoms with E-state index in [1.165, 1.54) is 18.4 Å². The summed E-state index contributed by atoms with van der Waals surface area (Å²) >= 11 is 1.55. The molecule has 16 heavy (non-hydrogen) atoms. The van der Waals surface area contributed by atoms with Gasteiger partial charge in [-0.2, -0.15) is 0 Å². The highest BCUT2D eigenvalue weighted by Gasteiger charge is 2.28. The molecule has 1 aliphatic rings. The number of nitrogens with one attached hydrogen (secondary N) is 2. The number of hydrogen-bond acceptors (Lipinski definition) is 3. The Labute approximate surface area is 106 Å². The lowest BCUT2D eigenvalue weighted by Gasteiger charge is -2.04. The number of thiophene rings is 1. The lowest BCUT2D eigenvalue weighted by atomic mass is 10.1. The van der Waals surface area contributed by atoms with E-state index in [2.05, 4.69) is 16.7 Å². The lowest BCUT2D eigenvalue weighted by Crippen LogP contribution is -2.30. The van der Waals surface area contributed by atoms with Gasteiger partial charge in [0.2, 0.25) is 0 Å². The molecule has 0 atom stereocenters. The summed E-state index contributed by atoms with van der Waals surface area (Å²) in [7, 11) is 1.88. The maximum Gasteiger partial charge on any atom is 0.261 e. The number of halogens is 1. The van der Waals surface area contributed by atoms with Crippen LogP contribution in [0.15, 0.2) is 11.4 Å². The standard InChI is InChI=1S/C11H16N2OS.ClH/c1-12-5-6-13-11(14)10-9(4-7-15-10)8-2-3-8;/h4,7-8,12H,2-3,5-6H2,1H3,(H,13,14);1H. The second kappa shape index (κ2) is 6.23. The minimum absolute atomic E-state index is 0. The summed E-state index contributed by atoms with van der Waals surface area (Å²) in [4.78, 5) is 12.7. The number of rotatable bonds is 5. The number of amides is 1. The molecule has 0 aromatic carbocycles. The minimum Gasteiger partial charge on any atom is -0.350 e. The third-order valence-electron chi connectivity index (χ3n) is 2.58. The average Bonchev–Trinajstić information content (AvgIpc) is 2.96. The van der Waals surface area contributed by atoms with Crippen molar-refractivity contribution in [2.24, 2.45) is 0 Å². The van der Waals surface area contributed by atoms with Crippen molar-refractivity contribution in [1.29, 1.82) is 0 Å². The Kier molecular flexibility index (Phi) is 5.25. The Hall–Kier alpha value is -0.580. The fourth-order valence-corrected chi connectivity index (χ4v) is 2.50. The maximum atomic E-state index is 11.8. The molecule has 0 unspecified atom stereocenters. The fourth-order valence-electron chi connectivity index (χ4n) is 1.60. The summed E-state index contributed by atoms with van der Waals surface area (Å²) < 4.78 is 0. The van der Waals surface area contributed by atoms with Gasteiger partial charge in [-0.05, 0) is 42.8 Å². The summed E-state index contributed by atoms with van der Waals surface area (Å²) in [6.45, 7) is 1.51. The van der Waals surface area contributed by atoms with Gasteiger partial charge in [-0.3, -0.25) is 4.79 Å². The minimum atomic E-state index is 0. The van der Waals surface area contributed by atoms with Gasteiger partial charge in [0.25, 0.3) is 5.91 Å². The van der Waals surface area contributed by atoms with E-state index in [0.29, 0.717) is 12.5 Å². The molecular weight excluding hydrogens is 244 g/mol. The van der Waals surface area contributed by atoms with Gasteiger partial charge in [-0.25, -0.2) is 0 Å². The van der Waals surface area contributed by atoms with Crippen LogP contribution in [0.4, 0.5) is 0 Å². The van der Waals surface area contributed by atoms with Crippen molar-refractivity contribution in [3.8, 4) is 0 Å². The number of carbonyl (C=O) groups excluding carboxylic acids is 1. The third-order valence-corrected chi connectivity index (χ3v) is 3.51. The van der Waals surface area contributed by atoms with E-state index in [9.17, 15) is 4.79 Å². The maximum absolute atomic E-state index is 11.8. The SMILES string of the molecule is CNCCNC(=O)c1sccc1C1CC1.Cl. The Morgan fingerprint density at radius 3 is 2.88 bits per heavy atom. The Bertz CT molecular complexity index is 350. The third kappa shape index (κ3) is 3.20. The molecule has 1 aromatic heterocycles. The van der Waals surface area contributed by atoms with Gasteiger partial charge < -0.3 is 10.6 Å². The Morgan fingerprint density at radius 1 is 1.50 bits per heavy atom. The molecule has 0 spiro atoms. The predicted molar refractivity (Wildman–Crippen MR) is 69.8 cm³/mol. The van der Waals surface area contributed by atoms with Crippen LogP contribution in [0, 0.1) is 0 Å². The van der Waals surface area contributed by atoms with Gasteiger partial charge in [0, 0.05) is 13.1 Å². The first-order valence-electron chi connectivity index (χ1n) is 5.33. The summed E-state index contributed by atoms with van der Waals surface area (Å²) in [5, 5.41) is 7.94. The van der Waals surface area contributed by atoms with Crippen LogP contribution >= 0.6 is 23.7 Å². The van der Waals surface area contributed by atoms with Crippen LogP contribution in [0.2, 0.25) is 0 Å². The molecule has 0 aliphatic heterocycles. The summed E-state index contributed by atoms with van der Waals surface area (Å²) in [6, 6.07) is 2.09. The largest absolute Gasteiger partial charge is 0.350 e. The van der Waals surface area contributed by atoms with Crippen molar-refractivity contribution in [2.45, 2.75) is 18.8 Å². The van der Waals surface area contributed by atoms with E-state index < -0.39 is 0 Å². The first-order chi connectivity index (χ1) is 7.33. The fraction of sp³-hybridized carbons (Fsp3) is 0.545. The monoisotopic (exact) mass is 260 g/mol. The molecule has 2 rings (SSSR count). The highest BCUT2D eigenvalue weighted by molar-refractivity contribution is 7.12. The number of carbonyl (C=O) groups is 1. The lowest BCUT2D eigenvalue weighted by molar-refractivity contribution is 0.0957. The predicted octanol–water partition coefficient (Wildman–Crippen LogP) is 2.00. The zero-order valence-corrected chi connectivity index (χ0v) is 10.9. The van der Waals surface area contributed by atoms with Crippen LogP contribution in [0.25, 0.3) is 0 Å². The molecule has 1 saturated carbocycles. The van der Waals surface area contributed by atoms with Crippen molar-refractivity contribution in [2.75, 3.05) is 20.1 Å². The number of likely N-dealkylation sites (N-methyl/N-ethyl adjacent to an activating group) is 1. The van der Waals surface area contributed by atoms with Gasteiger partial charge in [0.15, 0.2) is 0 Å². The molecule has 1 aliphatic carbocycles. The zero-order valence-electron chi connectivity index (χ0n) is 9.29. The van der Waals surface area contributed by atoms with Gasteiger partial charge in [-0.1, -0.05) is 0 Å². The Balaban J connectivity index is 0.00000128. The first kappa shape index (κ1) is 13.5. The topological polar surface area (TPSA) is 41.1 Å². The van der Waals surface area contributed by atoms with E-state index in [1.807, 2.05) is 12.4 Å². The van der Waals surface area contributed by atoms with E-state index in [4.69, 9.17) is 0 Å². The molecule has 1 amide bonds. The molecule has 0 radical (unpaired) electrons. The van der Waals surface area contributed by atoms with Crippen molar-refractivity contribution in [3.05, 3.63) is 21.9 Å². The highest BCUT2D eigenvalue weighted by Crippen LogP contribution is 2.43. The molecule has 1 aromatic rings. The van der Waals surface area contributed by atoms with Gasteiger partial charge in [0.05, 0.1) is 4.88 Å². The van der Waals surface area contributed by atoms with Crippen molar-refractivity contribution in [1.82, 2.24) is 10.6 Å². The molecule has 3 nitrogen and oxygen atoms in total. The van der Waals surface area contributed by atoms with Crippen LogP contribution in [0.1, 0.15) is 34.0 Å². The molecule has 0 bridgehead atoms. The van der Waals surface area contributed by atoms with Crippen molar-refractivity contribution >= 4 is 29.7 Å². The Morgan fingerprint density at radius 2 is 2.25 bits per heavy atom. The molecule has 0 saturated heterocycles. The van der Waals surface area contributed by atoms with Crippen molar-refractivity contribution < 1.29 is 4.79 Å². The molecule has 90 valence electrons. The van der Waals surface area contributed by atoms with Crippen LogP contribution in [-0.2, 0) is 0 Å². The average molecular weight is 261 g/mol. The van der Waals surface area contributed by atoms with Gasteiger partial charge in [0.1, 0.15) is 0 Å². The molecule has 5 heteroatoms. The van der Waals surface area contributed by atoms with E-state index in [1.54, 1.807) is 11.3 Å². The van der Waals surface area contributed by atoms with Crippen molar-refractivity contribution in [3.63, 3.8) is 0 Å². The molecule has 1 heterocycles. The van der Waals surface area contributed by atoms with Crippen LogP contribution in [0.5, 0.6) is 0 Å². The zero-order chi connectivity index (χ0) is 10.7. The van der Waals surface area contributed by atoms with Gasteiger partial charge >= 0.3 is 0 Å². The molecule has 2 N–H and O–H groups in total. The smallest absolute Gasteiger partial charge is 0.261 e. The van der Waals surface area contributed by atoms with E-state index in [-0.39, 0.29) is 18.3 Å². The summed E-state index contributed by atoms with van der Waals surface area (Å²) in [6.07, 6.45) is 2.49. The summed E-state index contributed by atoms with van der Waals surface area (Å²) in [5.74, 6) is 0.739. The molecule has 1 fully saturated rings. The highest BCUT2D eigenvalue weighted by atomic mass is 35.5. The second-order valence-corrected chi connectivity index (χ2v) is 4.75. The van der Waals surface area contributed by atoms with Gasteiger partial charge in [-0.15, -0.1) is 23.7 Å².